The van der Waals surface area contributed by atoms with E-state index in [0.717, 1.165) is 36.9 Å². The number of rotatable bonds is 5. The Morgan fingerprint density at radius 3 is 2.60 bits per heavy atom. The van der Waals surface area contributed by atoms with Gasteiger partial charge >= 0.3 is 0 Å². The van der Waals surface area contributed by atoms with E-state index in [1.54, 1.807) is 29.2 Å². The summed E-state index contributed by atoms with van der Waals surface area (Å²) < 4.78 is 6.02. The first-order valence-corrected chi connectivity index (χ1v) is 14.5. The van der Waals surface area contributed by atoms with Crippen LogP contribution in [0.1, 0.15) is 53.6 Å². The zero-order valence-corrected chi connectivity index (χ0v) is 23.8. The molecular formula is C31H37N5O6. The molecule has 42 heavy (non-hydrogen) atoms. The molecule has 2 saturated heterocycles. The van der Waals surface area contributed by atoms with Gasteiger partial charge in [-0.1, -0.05) is 36.4 Å². The van der Waals surface area contributed by atoms with E-state index >= 15 is 0 Å². The molecule has 0 spiro atoms. The molecule has 0 aromatic heterocycles. The van der Waals surface area contributed by atoms with Crippen LogP contribution in [0.4, 0.5) is 0 Å². The van der Waals surface area contributed by atoms with Crippen molar-refractivity contribution in [3.8, 4) is 5.75 Å². The summed E-state index contributed by atoms with van der Waals surface area (Å²) in [7, 11) is 1.52. The van der Waals surface area contributed by atoms with Crippen molar-refractivity contribution in [2.75, 3.05) is 33.3 Å². The topological polar surface area (TPSA) is 128 Å². The lowest BCUT2D eigenvalue weighted by molar-refractivity contribution is -0.141. The number of carbonyl (C=O) groups is 5. The minimum atomic E-state index is -1.18. The first-order valence-electron chi connectivity index (χ1n) is 14.5. The van der Waals surface area contributed by atoms with Crippen molar-refractivity contribution in [2.24, 2.45) is 0 Å². The number of nitrogens with one attached hydrogen (secondary N) is 2. The number of hydrogen-bond acceptors (Lipinski definition) is 6. The highest BCUT2D eigenvalue weighted by Crippen LogP contribution is 2.23. The Morgan fingerprint density at radius 2 is 1.79 bits per heavy atom. The molecule has 0 saturated carbocycles. The first-order chi connectivity index (χ1) is 20.3. The van der Waals surface area contributed by atoms with Gasteiger partial charge < -0.3 is 30.1 Å². The molecule has 5 amide bonds. The maximum atomic E-state index is 13.4. The van der Waals surface area contributed by atoms with E-state index in [2.05, 4.69) is 10.6 Å². The van der Waals surface area contributed by atoms with Crippen LogP contribution in [0.5, 0.6) is 5.75 Å². The number of para-hydroxylation sites is 1. The highest BCUT2D eigenvalue weighted by Gasteiger charge is 2.33. The van der Waals surface area contributed by atoms with Crippen LogP contribution in [0, 0.1) is 0 Å². The molecule has 2 fully saturated rings. The molecular weight excluding hydrogens is 538 g/mol. The molecule has 0 bridgehead atoms. The highest BCUT2D eigenvalue weighted by atomic mass is 16.5. The van der Waals surface area contributed by atoms with Crippen molar-refractivity contribution >= 4 is 29.5 Å². The predicted octanol–water partition coefficient (Wildman–Crippen LogP) is 1.46. The van der Waals surface area contributed by atoms with Crippen LogP contribution in [0.2, 0.25) is 0 Å². The van der Waals surface area contributed by atoms with E-state index in [1.807, 2.05) is 29.2 Å². The van der Waals surface area contributed by atoms with Crippen LogP contribution >= 0.6 is 0 Å². The number of likely N-dealkylation sites (N-methyl/N-ethyl adjacent to an activating group) is 1. The van der Waals surface area contributed by atoms with Crippen LogP contribution < -0.4 is 15.4 Å². The number of benzene rings is 2. The number of nitrogens with zero attached hydrogens (tertiary/aromatic N) is 3. The second kappa shape index (κ2) is 13.1. The lowest BCUT2D eigenvalue weighted by atomic mass is 10.1. The molecule has 0 unspecified atom stereocenters. The molecule has 2 aromatic rings. The zero-order valence-electron chi connectivity index (χ0n) is 23.8. The molecule has 2 N–H and O–H groups in total. The summed E-state index contributed by atoms with van der Waals surface area (Å²) in [5.41, 5.74) is 2.03. The van der Waals surface area contributed by atoms with E-state index in [1.165, 1.54) is 11.9 Å². The fourth-order valence-electron chi connectivity index (χ4n) is 5.70. The van der Waals surface area contributed by atoms with E-state index in [-0.39, 0.29) is 49.5 Å². The Kier molecular flexibility index (Phi) is 9.04. The SMILES string of the molecule is CN1CC(=O)N2CCC[C@@H]2COc2ccccc2C(=O)N[C@H](C(=O)NCc2cccc(CN3CCCC3=O)c2)CC1=O. The van der Waals surface area contributed by atoms with Crippen LogP contribution in [0.3, 0.4) is 0 Å². The van der Waals surface area contributed by atoms with Gasteiger partial charge in [0.2, 0.25) is 23.6 Å². The minimum Gasteiger partial charge on any atom is -0.491 e. The van der Waals surface area contributed by atoms with Crippen LogP contribution in [0.25, 0.3) is 0 Å². The number of amides is 5. The van der Waals surface area contributed by atoms with Gasteiger partial charge in [0.05, 0.1) is 24.6 Å². The van der Waals surface area contributed by atoms with Gasteiger partial charge in [0.15, 0.2) is 0 Å². The largest absolute Gasteiger partial charge is 0.491 e. The molecule has 2 aromatic carbocycles. The molecule has 222 valence electrons. The van der Waals surface area contributed by atoms with Gasteiger partial charge in [-0.3, -0.25) is 24.0 Å². The Hall–Kier alpha value is -4.41. The van der Waals surface area contributed by atoms with E-state index in [4.69, 9.17) is 4.74 Å². The van der Waals surface area contributed by atoms with Crippen molar-refractivity contribution in [2.45, 2.75) is 57.3 Å². The Labute approximate surface area is 245 Å². The minimum absolute atomic E-state index is 0.124. The van der Waals surface area contributed by atoms with Gasteiger partial charge in [-0.05, 0) is 42.5 Å². The fraction of sp³-hybridized carbons (Fsp3) is 0.452. The zero-order chi connectivity index (χ0) is 29.6. The standard InChI is InChI=1S/C31H37N5O6/c1-34-19-29(39)36-14-5-9-23(36)20-42-26-11-3-2-10-24(26)30(40)33-25(16-28(34)38)31(41)32-17-21-7-4-8-22(15-21)18-35-13-6-12-27(35)37/h2-4,7-8,10-11,15,23,25H,5-6,9,12-14,16-20H2,1H3,(H,32,41)(H,33,40)/t23-,25+/m1/s1. The average molecular weight is 576 g/mol. The van der Waals surface area contributed by atoms with Crippen molar-refractivity contribution < 1.29 is 28.7 Å². The first kappa shape index (κ1) is 29.1. The number of fused-ring (bicyclic) bond motifs is 2. The lowest BCUT2D eigenvalue weighted by Gasteiger charge is -2.29. The molecule has 5 rings (SSSR count). The lowest BCUT2D eigenvalue weighted by Crippen LogP contribution is -2.50. The number of carbonyl (C=O) groups excluding carboxylic acids is 5. The number of hydrogen-bond donors (Lipinski definition) is 2. The van der Waals surface area contributed by atoms with Crippen LogP contribution in [-0.2, 0) is 32.3 Å². The predicted molar refractivity (Wildman–Crippen MR) is 153 cm³/mol. The summed E-state index contributed by atoms with van der Waals surface area (Å²) in [4.78, 5) is 69.9. The Bertz CT molecular complexity index is 1360. The highest BCUT2D eigenvalue weighted by molar-refractivity contribution is 6.01. The second-order valence-corrected chi connectivity index (χ2v) is 11.1. The fourth-order valence-corrected chi connectivity index (χ4v) is 5.70. The van der Waals surface area contributed by atoms with Crippen molar-refractivity contribution in [1.29, 1.82) is 0 Å². The van der Waals surface area contributed by atoms with E-state index in [9.17, 15) is 24.0 Å². The molecule has 3 aliphatic heterocycles. The molecule has 3 aliphatic rings. The third kappa shape index (κ3) is 6.89. The molecule has 3 heterocycles. The van der Waals surface area contributed by atoms with Gasteiger partial charge in [-0.25, -0.2) is 0 Å². The van der Waals surface area contributed by atoms with E-state index in [0.29, 0.717) is 25.3 Å². The quantitative estimate of drug-likeness (QED) is 0.556. The average Bonchev–Trinajstić information content (AvgIpc) is 3.63. The van der Waals surface area contributed by atoms with Gasteiger partial charge in [0.25, 0.3) is 5.91 Å². The maximum absolute atomic E-state index is 13.4. The van der Waals surface area contributed by atoms with Gasteiger partial charge in [0.1, 0.15) is 18.4 Å². The maximum Gasteiger partial charge on any atom is 0.255 e. The molecule has 11 nitrogen and oxygen atoms in total. The van der Waals surface area contributed by atoms with Crippen molar-refractivity contribution in [1.82, 2.24) is 25.3 Å². The van der Waals surface area contributed by atoms with Crippen LogP contribution in [0.15, 0.2) is 48.5 Å². The van der Waals surface area contributed by atoms with Crippen LogP contribution in [-0.4, -0.2) is 89.6 Å². The molecule has 0 aliphatic carbocycles. The smallest absolute Gasteiger partial charge is 0.255 e. The Balaban J connectivity index is 1.31. The summed E-state index contributed by atoms with van der Waals surface area (Å²) in [6.07, 6.45) is 2.73. The number of ether oxygens (including phenoxy) is 1. The summed E-state index contributed by atoms with van der Waals surface area (Å²) in [5, 5.41) is 5.56. The van der Waals surface area contributed by atoms with Gasteiger partial charge in [-0.15, -0.1) is 0 Å². The summed E-state index contributed by atoms with van der Waals surface area (Å²) in [5.74, 6) is -1.18. The third-order valence-corrected chi connectivity index (χ3v) is 8.06. The monoisotopic (exact) mass is 575 g/mol. The van der Waals surface area contributed by atoms with Crippen molar-refractivity contribution in [3.05, 3.63) is 65.2 Å². The van der Waals surface area contributed by atoms with E-state index < -0.39 is 23.8 Å². The second-order valence-electron chi connectivity index (χ2n) is 11.1. The summed E-state index contributed by atoms with van der Waals surface area (Å²) in [6.45, 7) is 2.10. The number of likely N-dealkylation sites (tertiary alicyclic amines) is 1. The molecule has 2 atom stereocenters. The Morgan fingerprint density at radius 1 is 0.976 bits per heavy atom. The summed E-state index contributed by atoms with van der Waals surface area (Å²) in [6, 6.07) is 13.0. The third-order valence-electron chi connectivity index (χ3n) is 8.06. The summed E-state index contributed by atoms with van der Waals surface area (Å²) >= 11 is 0. The van der Waals surface area contributed by atoms with Crippen molar-refractivity contribution in [3.63, 3.8) is 0 Å². The van der Waals surface area contributed by atoms with Gasteiger partial charge in [-0.2, -0.15) is 0 Å². The molecule has 0 radical (unpaired) electrons. The van der Waals surface area contributed by atoms with Gasteiger partial charge in [0, 0.05) is 39.6 Å². The molecule has 11 heteroatoms. The normalized spacial score (nSPS) is 21.8.